The minimum atomic E-state index is -3.72. The molecule has 10 nitrogen and oxygen atoms in total. The van der Waals surface area contributed by atoms with Gasteiger partial charge in [0.05, 0.1) is 30.3 Å². The topological polar surface area (TPSA) is 125 Å². The average Bonchev–Trinajstić information content (AvgIpc) is 3.32. The van der Waals surface area contributed by atoms with Crippen molar-refractivity contribution in [1.29, 1.82) is 0 Å². The first kappa shape index (κ1) is 23.0. The molecule has 1 aliphatic heterocycles. The van der Waals surface area contributed by atoms with Gasteiger partial charge in [-0.1, -0.05) is 11.2 Å². The molecule has 0 spiro atoms. The number of nitrogens with zero attached hydrogens (tertiary/aromatic N) is 4. The Labute approximate surface area is 191 Å². The van der Waals surface area contributed by atoms with Crippen LogP contribution in [0, 0.1) is 6.92 Å². The maximum absolute atomic E-state index is 13.0. The second-order valence-corrected chi connectivity index (χ2v) is 9.40. The lowest BCUT2D eigenvalue weighted by Gasteiger charge is -2.26. The van der Waals surface area contributed by atoms with Gasteiger partial charge < -0.3 is 14.0 Å². The lowest BCUT2D eigenvalue weighted by Crippen LogP contribution is -2.40. The van der Waals surface area contributed by atoms with Crippen LogP contribution in [0.1, 0.15) is 28.2 Å². The fraction of sp³-hybridized carbons (Fsp3) is 0.364. The second-order valence-electron chi connectivity index (χ2n) is 7.49. The van der Waals surface area contributed by atoms with Crippen molar-refractivity contribution in [3.05, 3.63) is 59.7 Å². The number of esters is 1. The van der Waals surface area contributed by atoms with E-state index in [0.29, 0.717) is 43.3 Å². The largest absolute Gasteiger partial charge is 0.462 e. The van der Waals surface area contributed by atoms with E-state index in [2.05, 4.69) is 15.1 Å². The highest BCUT2D eigenvalue weighted by molar-refractivity contribution is 7.89. The van der Waals surface area contributed by atoms with E-state index in [1.54, 1.807) is 37.5 Å². The number of hydrogen-bond acceptors (Lipinski definition) is 9. The molecule has 0 atom stereocenters. The fourth-order valence-electron chi connectivity index (χ4n) is 3.37. The van der Waals surface area contributed by atoms with Gasteiger partial charge in [0, 0.05) is 37.5 Å². The molecule has 2 aromatic heterocycles. The first-order valence-electron chi connectivity index (χ1n) is 10.5. The van der Waals surface area contributed by atoms with Gasteiger partial charge in [-0.25, -0.2) is 13.2 Å². The summed E-state index contributed by atoms with van der Waals surface area (Å²) in [6.07, 6.45) is 4.22. The van der Waals surface area contributed by atoms with Crippen LogP contribution in [0.3, 0.4) is 0 Å². The molecule has 1 aromatic carbocycles. The van der Waals surface area contributed by atoms with Crippen LogP contribution in [-0.2, 0) is 25.9 Å². The van der Waals surface area contributed by atoms with Crippen molar-refractivity contribution in [1.82, 2.24) is 19.4 Å². The van der Waals surface area contributed by atoms with Gasteiger partial charge in [-0.2, -0.15) is 9.29 Å². The van der Waals surface area contributed by atoms with Gasteiger partial charge in [0.2, 0.25) is 21.7 Å². The Morgan fingerprint density at radius 2 is 2.03 bits per heavy atom. The third kappa shape index (κ3) is 5.44. The van der Waals surface area contributed by atoms with Gasteiger partial charge in [0.15, 0.2) is 0 Å². The molecule has 4 rings (SSSR count). The van der Waals surface area contributed by atoms with Crippen molar-refractivity contribution < 1.29 is 27.2 Å². The number of aryl methyl sites for hydroxylation is 2. The van der Waals surface area contributed by atoms with Crippen molar-refractivity contribution in [2.75, 3.05) is 32.9 Å². The summed E-state index contributed by atoms with van der Waals surface area (Å²) in [5.74, 6) is 0.290. The summed E-state index contributed by atoms with van der Waals surface area (Å²) >= 11 is 0. The molecule has 1 aliphatic rings. The van der Waals surface area contributed by atoms with Crippen molar-refractivity contribution in [2.24, 2.45) is 0 Å². The molecular formula is C22H24N4O6S. The number of ether oxygens (including phenoxy) is 2. The first-order chi connectivity index (χ1) is 15.9. The van der Waals surface area contributed by atoms with Gasteiger partial charge in [0.25, 0.3) is 0 Å². The van der Waals surface area contributed by atoms with Gasteiger partial charge >= 0.3 is 5.97 Å². The summed E-state index contributed by atoms with van der Waals surface area (Å²) < 4.78 is 43.2. The Kier molecular flexibility index (Phi) is 7.11. The SMILES string of the molecule is Cc1ccc(C(=O)OCCCc2nc(-c3cccnc3)no2)cc1S(=O)(=O)N1CCOCC1. The molecule has 0 unspecified atom stereocenters. The van der Waals surface area contributed by atoms with E-state index in [1.807, 2.05) is 6.07 Å². The highest BCUT2D eigenvalue weighted by Gasteiger charge is 2.28. The van der Waals surface area contributed by atoms with E-state index in [-0.39, 0.29) is 30.2 Å². The van der Waals surface area contributed by atoms with E-state index in [9.17, 15) is 13.2 Å². The van der Waals surface area contributed by atoms with E-state index >= 15 is 0 Å². The molecule has 3 heterocycles. The van der Waals surface area contributed by atoms with Crippen LogP contribution in [0.15, 0.2) is 52.1 Å². The minimum absolute atomic E-state index is 0.104. The van der Waals surface area contributed by atoms with Gasteiger partial charge in [-0.3, -0.25) is 4.98 Å². The first-order valence-corrected chi connectivity index (χ1v) is 12.0. The smallest absolute Gasteiger partial charge is 0.338 e. The summed E-state index contributed by atoms with van der Waals surface area (Å²) in [7, 11) is -3.72. The van der Waals surface area contributed by atoms with Crippen LogP contribution in [0.4, 0.5) is 0 Å². The third-order valence-electron chi connectivity index (χ3n) is 5.17. The van der Waals surface area contributed by atoms with Gasteiger partial charge in [-0.15, -0.1) is 0 Å². The number of sulfonamides is 1. The minimum Gasteiger partial charge on any atom is -0.462 e. The Bertz CT molecular complexity index is 1210. The molecule has 1 saturated heterocycles. The zero-order valence-electron chi connectivity index (χ0n) is 18.1. The molecule has 1 fully saturated rings. The molecule has 0 saturated carbocycles. The summed E-state index contributed by atoms with van der Waals surface area (Å²) in [4.78, 5) is 20.9. The van der Waals surface area contributed by atoms with Crippen molar-refractivity contribution >= 4 is 16.0 Å². The Balaban J connectivity index is 1.33. The lowest BCUT2D eigenvalue weighted by molar-refractivity contribution is 0.0498. The van der Waals surface area contributed by atoms with Gasteiger partial charge in [0.1, 0.15) is 0 Å². The van der Waals surface area contributed by atoms with E-state index in [0.717, 1.165) is 5.56 Å². The zero-order valence-corrected chi connectivity index (χ0v) is 19.0. The van der Waals surface area contributed by atoms with E-state index < -0.39 is 16.0 Å². The van der Waals surface area contributed by atoms with Crippen molar-refractivity contribution in [3.63, 3.8) is 0 Å². The maximum atomic E-state index is 13.0. The van der Waals surface area contributed by atoms with Crippen LogP contribution in [0.5, 0.6) is 0 Å². The highest BCUT2D eigenvalue weighted by atomic mass is 32.2. The highest BCUT2D eigenvalue weighted by Crippen LogP contribution is 2.23. The number of pyridine rings is 1. The van der Waals surface area contributed by atoms with E-state index in [4.69, 9.17) is 14.0 Å². The second kappa shape index (κ2) is 10.2. The number of aromatic nitrogens is 3. The molecular weight excluding hydrogens is 448 g/mol. The van der Waals surface area contributed by atoms with Crippen molar-refractivity contribution in [2.45, 2.75) is 24.7 Å². The number of morpholine rings is 1. The van der Waals surface area contributed by atoms with Crippen LogP contribution in [0.25, 0.3) is 11.4 Å². The Morgan fingerprint density at radius 1 is 1.21 bits per heavy atom. The summed E-state index contributed by atoms with van der Waals surface area (Å²) in [5, 5.41) is 3.92. The molecule has 33 heavy (non-hydrogen) atoms. The predicted molar refractivity (Wildman–Crippen MR) is 117 cm³/mol. The Morgan fingerprint density at radius 3 is 2.79 bits per heavy atom. The quantitative estimate of drug-likeness (QED) is 0.358. The molecule has 11 heteroatoms. The number of benzene rings is 1. The standard InChI is InChI=1S/C22H24N4O6S/c1-16-6-7-17(14-19(16)33(28,29)26-9-12-30-13-10-26)22(27)31-11-3-5-20-24-21(25-32-20)18-4-2-8-23-15-18/h2,4,6-8,14-15H,3,5,9-13H2,1H3. The number of rotatable bonds is 8. The molecule has 174 valence electrons. The Hall–Kier alpha value is -3.15. The maximum Gasteiger partial charge on any atom is 0.338 e. The van der Waals surface area contributed by atoms with E-state index in [1.165, 1.54) is 10.4 Å². The lowest BCUT2D eigenvalue weighted by atomic mass is 10.1. The molecule has 3 aromatic rings. The summed E-state index contributed by atoms with van der Waals surface area (Å²) in [6.45, 7) is 3.10. The van der Waals surface area contributed by atoms with Crippen molar-refractivity contribution in [3.8, 4) is 11.4 Å². The monoisotopic (exact) mass is 472 g/mol. The average molecular weight is 473 g/mol. The molecule has 0 N–H and O–H groups in total. The van der Waals surface area contributed by atoms with Crippen LogP contribution in [-0.4, -0.2) is 66.7 Å². The summed E-state index contributed by atoms with van der Waals surface area (Å²) in [6, 6.07) is 8.17. The van der Waals surface area contributed by atoms with Crippen LogP contribution >= 0.6 is 0 Å². The number of carbonyl (C=O) groups is 1. The fourth-order valence-corrected chi connectivity index (χ4v) is 5.03. The normalized spacial score (nSPS) is 14.8. The van der Waals surface area contributed by atoms with Crippen LogP contribution < -0.4 is 0 Å². The molecule has 0 amide bonds. The summed E-state index contributed by atoms with van der Waals surface area (Å²) in [5.41, 5.74) is 1.50. The third-order valence-corrected chi connectivity index (χ3v) is 7.21. The van der Waals surface area contributed by atoms with Crippen LogP contribution in [0.2, 0.25) is 0 Å². The molecule has 0 bridgehead atoms. The molecule has 0 aliphatic carbocycles. The molecule has 0 radical (unpaired) electrons. The number of carbonyl (C=O) groups excluding carboxylic acids is 1. The predicted octanol–water partition coefficient (Wildman–Crippen LogP) is 2.25. The number of hydrogen-bond donors (Lipinski definition) is 0. The van der Waals surface area contributed by atoms with Gasteiger partial charge in [-0.05, 0) is 43.2 Å². The zero-order chi connectivity index (χ0) is 23.3.